The second kappa shape index (κ2) is 10.4. The number of rotatable bonds is 11. The third-order valence-corrected chi connectivity index (χ3v) is 8.95. The van der Waals surface area contributed by atoms with Crippen LogP contribution in [0.1, 0.15) is 59.4 Å². The molecule has 0 bridgehead atoms. The Hall–Kier alpha value is -2.20. The lowest BCUT2D eigenvalue weighted by Gasteiger charge is -2.39. The van der Waals surface area contributed by atoms with Gasteiger partial charge in [-0.2, -0.15) is 4.72 Å². The summed E-state index contributed by atoms with van der Waals surface area (Å²) in [4.78, 5) is 13.2. The van der Waals surface area contributed by atoms with Gasteiger partial charge in [0.15, 0.2) is 0 Å². The summed E-state index contributed by atoms with van der Waals surface area (Å²) in [7, 11) is -4.86. The van der Waals surface area contributed by atoms with E-state index in [0.717, 1.165) is 12.0 Å². The highest BCUT2D eigenvalue weighted by Gasteiger charge is 2.60. The van der Waals surface area contributed by atoms with E-state index < -0.39 is 45.6 Å². The van der Waals surface area contributed by atoms with E-state index in [1.807, 2.05) is 58.0 Å². The average molecular weight is 500 g/mol. The number of carbonyl (C=O) groups is 1. The zero-order chi connectivity index (χ0) is 25.9. The van der Waals surface area contributed by atoms with Gasteiger partial charge in [0.1, 0.15) is 5.54 Å². The fraction of sp³-hybridized carbons (Fsp3) is 0.500. The maximum atomic E-state index is 13.4. The van der Waals surface area contributed by atoms with Crippen LogP contribution in [0.4, 0.5) is 0 Å². The van der Waals surface area contributed by atoms with Gasteiger partial charge >= 0.3 is 7.12 Å². The van der Waals surface area contributed by atoms with Gasteiger partial charge < -0.3 is 15.0 Å². The van der Waals surface area contributed by atoms with Crippen LogP contribution < -0.4 is 10.5 Å². The lowest BCUT2D eigenvalue weighted by molar-refractivity contribution is -0.124. The number of nitrogens with one attached hydrogen (secondary N) is 1. The van der Waals surface area contributed by atoms with Crippen LogP contribution in [0.2, 0.25) is 5.82 Å². The van der Waals surface area contributed by atoms with Crippen molar-refractivity contribution in [2.75, 3.05) is 0 Å². The maximum Gasteiger partial charge on any atom is 0.463 e. The first-order chi connectivity index (χ1) is 16.3. The molecule has 1 fully saturated rings. The highest BCUT2D eigenvalue weighted by molar-refractivity contribution is 7.89. The lowest BCUT2D eigenvalue weighted by atomic mass is 9.58. The van der Waals surface area contributed by atoms with Crippen molar-refractivity contribution in [3.8, 4) is 0 Å². The number of carbonyl (C=O) groups excluding carboxylic acids is 1. The average Bonchev–Trinajstić information content (AvgIpc) is 3.03. The minimum atomic E-state index is -4.05. The van der Waals surface area contributed by atoms with Gasteiger partial charge in [-0.25, -0.2) is 8.42 Å². The molecule has 0 radical (unpaired) electrons. The number of hydrogen-bond donors (Lipinski definition) is 2. The highest BCUT2D eigenvalue weighted by Crippen LogP contribution is 2.46. The number of primary amides is 1. The van der Waals surface area contributed by atoms with E-state index in [9.17, 15) is 13.2 Å². The number of hydrogen-bond acceptors (Lipinski definition) is 5. The van der Waals surface area contributed by atoms with Crippen LogP contribution in [0, 0.1) is 0 Å². The first-order valence-corrected chi connectivity index (χ1v) is 13.6. The van der Waals surface area contributed by atoms with Crippen molar-refractivity contribution in [2.24, 2.45) is 5.73 Å². The predicted molar refractivity (Wildman–Crippen MR) is 138 cm³/mol. The van der Waals surface area contributed by atoms with Gasteiger partial charge in [-0.05, 0) is 71.1 Å². The summed E-state index contributed by atoms with van der Waals surface area (Å²) >= 11 is 0. The maximum absolute atomic E-state index is 13.4. The molecule has 3 rings (SSSR count). The monoisotopic (exact) mass is 500 g/mol. The van der Waals surface area contributed by atoms with E-state index in [1.165, 1.54) is 12.1 Å². The molecular weight excluding hydrogens is 463 g/mol. The van der Waals surface area contributed by atoms with E-state index >= 15 is 0 Å². The molecule has 3 N–H and O–H groups in total. The summed E-state index contributed by atoms with van der Waals surface area (Å²) in [6, 6.07) is 18.0. The molecule has 0 aromatic heterocycles. The van der Waals surface area contributed by atoms with Crippen LogP contribution in [0.5, 0.6) is 0 Å². The number of nitrogens with two attached hydrogens (primary N) is 1. The molecule has 2 aromatic rings. The summed E-state index contributed by atoms with van der Waals surface area (Å²) in [6.07, 6.45) is 2.08. The zero-order valence-corrected chi connectivity index (χ0v) is 22.1. The molecule has 2 aromatic carbocycles. The fourth-order valence-electron chi connectivity index (χ4n) is 4.55. The Morgan fingerprint density at radius 1 is 1.00 bits per heavy atom. The van der Waals surface area contributed by atoms with Crippen LogP contribution in [-0.4, -0.2) is 38.2 Å². The molecule has 190 valence electrons. The van der Waals surface area contributed by atoms with Crippen molar-refractivity contribution >= 4 is 23.0 Å². The number of benzene rings is 2. The van der Waals surface area contributed by atoms with E-state index in [4.69, 9.17) is 15.0 Å². The molecule has 1 aliphatic heterocycles. The SMILES string of the molecule is CCC(NS(=O)(=O)c1ccccc1)(C(N)=O)[C@@H](CCCc1ccccc1)B1OC(C)(C)C(C)(C)O1. The van der Waals surface area contributed by atoms with Gasteiger partial charge in [-0.1, -0.05) is 55.5 Å². The first kappa shape index (κ1) is 27.4. The quantitative estimate of drug-likeness (QED) is 0.452. The summed E-state index contributed by atoms with van der Waals surface area (Å²) in [5, 5.41) is 0. The van der Waals surface area contributed by atoms with Crippen molar-refractivity contribution in [3.63, 3.8) is 0 Å². The van der Waals surface area contributed by atoms with Gasteiger partial charge in [0.05, 0.1) is 16.1 Å². The van der Waals surface area contributed by atoms with Crippen molar-refractivity contribution in [2.45, 2.75) is 87.8 Å². The molecule has 1 amide bonds. The topological polar surface area (TPSA) is 108 Å². The van der Waals surface area contributed by atoms with Crippen molar-refractivity contribution in [3.05, 3.63) is 66.2 Å². The number of sulfonamides is 1. The molecule has 9 heteroatoms. The molecule has 7 nitrogen and oxygen atoms in total. The third-order valence-electron chi connectivity index (χ3n) is 7.42. The summed E-state index contributed by atoms with van der Waals surface area (Å²) in [5.41, 5.74) is 4.23. The zero-order valence-electron chi connectivity index (χ0n) is 21.3. The summed E-state index contributed by atoms with van der Waals surface area (Å²) in [5.74, 6) is -1.40. The summed E-state index contributed by atoms with van der Waals surface area (Å²) < 4.78 is 42.1. The smallest absolute Gasteiger partial charge is 0.403 e. The Labute approximate surface area is 210 Å². The van der Waals surface area contributed by atoms with E-state index in [-0.39, 0.29) is 11.3 Å². The van der Waals surface area contributed by atoms with Gasteiger partial charge in [-0.3, -0.25) is 4.79 Å². The second-order valence-corrected chi connectivity index (χ2v) is 11.9. The van der Waals surface area contributed by atoms with E-state index in [2.05, 4.69) is 4.72 Å². The Balaban J connectivity index is 1.99. The third kappa shape index (κ3) is 5.80. The van der Waals surface area contributed by atoms with Gasteiger partial charge in [0, 0.05) is 5.82 Å². The Morgan fingerprint density at radius 3 is 2.00 bits per heavy atom. The van der Waals surface area contributed by atoms with Crippen LogP contribution in [-0.2, 0) is 30.5 Å². The molecule has 0 saturated carbocycles. The van der Waals surface area contributed by atoms with E-state index in [1.54, 1.807) is 25.1 Å². The molecule has 2 atom stereocenters. The molecule has 0 aliphatic carbocycles. The van der Waals surface area contributed by atoms with Crippen molar-refractivity contribution in [1.82, 2.24) is 4.72 Å². The molecule has 1 unspecified atom stereocenters. The van der Waals surface area contributed by atoms with Gasteiger partial charge in [0.2, 0.25) is 15.9 Å². The van der Waals surface area contributed by atoms with E-state index in [0.29, 0.717) is 12.8 Å². The minimum Gasteiger partial charge on any atom is -0.403 e. The molecule has 1 saturated heterocycles. The van der Waals surface area contributed by atoms with Crippen LogP contribution in [0.15, 0.2) is 65.6 Å². The fourth-order valence-corrected chi connectivity index (χ4v) is 6.06. The molecule has 0 spiro atoms. The summed E-state index contributed by atoms with van der Waals surface area (Å²) in [6.45, 7) is 9.48. The Kier molecular flexibility index (Phi) is 8.16. The predicted octanol–water partition coefficient (Wildman–Crippen LogP) is 4.08. The molecule has 35 heavy (non-hydrogen) atoms. The standard InChI is InChI=1S/C26H37BN2O5S/c1-6-26(23(28)30,29-35(31,32)21-17-11-8-12-18-21)22(19-13-16-20-14-9-7-10-15-20)27-33-24(2,3)25(4,5)34-27/h7-12,14-15,17-18,22,29H,6,13,16,19H2,1-5H3,(H2,28,30)/t22-,26?/m1/s1. The molecule has 1 heterocycles. The highest BCUT2D eigenvalue weighted by atomic mass is 32.2. The van der Waals surface area contributed by atoms with Crippen molar-refractivity contribution in [1.29, 1.82) is 0 Å². The normalized spacial score (nSPS) is 19.7. The van der Waals surface area contributed by atoms with Gasteiger partial charge in [-0.15, -0.1) is 0 Å². The largest absolute Gasteiger partial charge is 0.463 e. The lowest BCUT2D eigenvalue weighted by Crippen LogP contribution is -2.62. The Morgan fingerprint density at radius 2 is 1.51 bits per heavy atom. The number of amides is 1. The van der Waals surface area contributed by atoms with Crippen LogP contribution in [0.3, 0.4) is 0 Å². The Bertz CT molecular complexity index is 1090. The minimum absolute atomic E-state index is 0.0658. The first-order valence-electron chi connectivity index (χ1n) is 12.1. The van der Waals surface area contributed by atoms with Gasteiger partial charge in [0.25, 0.3) is 0 Å². The van der Waals surface area contributed by atoms with Crippen LogP contribution in [0.25, 0.3) is 0 Å². The number of aryl methyl sites for hydroxylation is 1. The molecular formula is C26H37BN2O5S. The van der Waals surface area contributed by atoms with Crippen molar-refractivity contribution < 1.29 is 22.5 Å². The van der Waals surface area contributed by atoms with Crippen LogP contribution >= 0.6 is 0 Å². The molecule has 1 aliphatic rings. The second-order valence-electron chi connectivity index (χ2n) is 10.2.